The smallest absolute Gasteiger partial charge is 0.123 e. The van der Waals surface area contributed by atoms with Crippen LogP contribution in [0, 0.1) is 0 Å². The van der Waals surface area contributed by atoms with E-state index in [-0.39, 0.29) is 4.99 Å². The van der Waals surface area contributed by atoms with E-state index >= 15 is 0 Å². The van der Waals surface area contributed by atoms with Gasteiger partial charge in [0.2, 0.25) is 0 Å². The zero-order chi connectivity index (χ0) is 12.5. The largest absolute Gasteiger partial charge is 0.491 e. The summed E-state index contributed by atoms with van der Waals surface area (Å²) in [4.78, 5) is 4.30. The fourth-order valence-corrected chi connectivity index (χ4v) is 1.31. The van der Waals surface area contributed by atoms with Crippen molar-refractivity contribution in [2.75, 3.05) is 19.8 Å². The van der Waals surface area contributed by atoms with Crippen LogP contribution in [0.4, 0.5) is 0 Å². The van der Waals surface area contributed by atoms with Crippen molar-refractivity contribution in [3.63, 3.8) is 0 Å². The molecule has 2 N–H and O–H groups in total. The zero-order valence-corrected chi connectivity index (χ0v) is 10.8. The van der Waals surface area contributed by atoms with Crippen molar-refractivity contribution in [1.82, 2.24) is 4.98 Å². The van der Waals surface area contributed by atoms with Crippen LogP contribution in [0.25, 0.3) is 0 Å². The number of nitrogens with two attached hydrogens (primary N) is 1. The van der Waals surface area contributed by atoms with Crippen LogP contribution in [0.1, 0.15) is 25.5 Å². The van der Waals surface area contributed by atoms with Gasteiger partial charge in [-0.1, -0.05) is 25.6 Å². The number of ether oxygens (including phenoxy) is 2. The van der Waals surface area contributed by atoms with E-state index in [2.05, 4.69) is 11.9 Å². The van der Waals surface area contributed by atoms with Gasteiger partial charge in [-0.05, 0) is 12.5 Å². The molecule has 1 aromatic rings. The maximum absolute atomic E-state index is 5.50. The van der Waals surface area contributed by atoms with Crippen molar-refractivity contribution in [2.24, 2.45) is 5.73 Å². The topological polar surface area (TPSA) is 57.4 Å². The molecule has 0 bridgehead atoms. The van der Waals surface area contributed by atoms with E-state index in [1.165, 1.54) is 0 Å². The minimum Gasteiger partial charge on any atom is -0.491 e. The Morgan fingerprint density at radius 1 is 1.41 bits per heavy atom. The second-order valence-corrected chi connectivity index (χ2v) is 4.00. The van der Waals surface area contributed by atoms with Gasteiger partial charge < -0.3 is 15.2 Å². The van der Waals surface area contributed by atoms with Crippen molar-refractivity contribution in [3.05, 3.63) is 24.0 Å². The maximum atomic E-state index is 5.50. The molecule has 0 aliphatic carbocycles. The Balaban J connectivity index is 2.27. The lowest BCUT2D eigenvalue weighted by molar-refractivity contribution is 0.0980. The lowest BCUT2D eigenvalue weighted by Gasteiger charge is -2.07. The van der Waals surface area contributed by atoms with Crippen molar-refractivity contribution in [2.45, 2.75) is 19.8 Å². The van der Waals surface area contributed by atoms with Gasteiger partial charge in [0, 0.05) is 18.9 Å². The van der Waals surface area contributed by atoms with E-state index in [9.17, 15) is 0 Å². The first-order valence-corrected chi connectivity index (χ1v) is 6.11. The zero-order valence-electron chi connectivity index (χ0n) is 10.0. The van der Waals surface area contributed by atoms with Crippen LogP contribution < -0.4 is 10.5 Å². The van der Waals surface area contributed by atoms with Crippen LogP contribution in [-0.4, -0.2) is 29.8 Å². The third-order valence-electron chi connectivity index (χ3n) is 2.12. The average molecular weight is 254 g/mol. The summed E-state index contributed by atoms with van der Waals surface area (Å²) < 4.78 is 10.9. The molecule has 1 heterocycles. The van der Waals surface area contributed by atoms with Gasteiger partial charge in [0.15, 0.2) is 0 Å². The first-order valence-electron chi connectivity index (χ1n) is 5.70. The highest BCUT2D eigenvalue weighted by Gasteiger charge is 2.00. The normalized spacial score (nSPS) is 10.2. The van der Waals surface area contributed by atoms with Crippen LogP contribution >= 0.6 is 12.2 Å². The molecule has 1 aromatic heterocycles. The first-order chi connectivity index (χ1) is 8.24. The van der Waals surface area contributed by atoms with Gasteiger partial charge in [-0.25, -0.2) is 0 Å². The van der Waals surface area contributed by atoms with Gasteiger partial charge in [-0.3, -0.25) is 4.98 Å². The van der Waals surface area contributed by atoms with E-state index < -0.39 is 0 Å². The Morgan fingerprint density at radius 3 is 2.94 bits per heavy atom. The molecule has 0 unspecified atom stereocenters. The first kappa shape index (κ1) is 13.9. The molecule has 5 heteroatoms. The molecule has 0 amide bonds. The number of nitrogens with zero attached hydrogens (tertiary/aromatic N) is 1. The summed E-state index contributed by atoms with van der Waals surface area (Å²) in [7, 11) is 0. The fourth-order valence-electron chi connectivity index (χ4n) is 1.20. The number of hydrogen-bond donors (Lipinski definition) is 1. The summed E-state index contributed by atoms with van der Waals surface area (Å²) in [6, 6.07) is 3.50. The number of aromatic nitrogens is 1. The number of unbranched alkanes of at least 4 members (excludes halogenated alkanes) is 1. The minimum absolute atomic E-state index is 0.273. The summed E-state index contributed by atoms with van der Waals surface area (Å²) >= 11 is 4.84. The minimum atomic E-state index is 0.273. The number of thiocarbonyl (C=S) groups is 1. The standard InChI is InChI=1S/C12H18N2O2S/c1-2-3-6-15-7-8-16-10-4-5-14-11(9-10)12(13)17/h4-5,9H,2-3,6-8H2,1H3,(H2,13,17). The number of rotatable bonds is 8. The molecule has 0 aliphatic rings. The molecule has 1 rings (SSSR count). The van der Waals surface area contributed by atoms with Gasteiger partial charge in [0.1, 0.15) is 23.0 Å². The summed E-state index contributed by atoms with van der Waals surface area (Å²) in [5, 5.41) is 0. The quantitative estimate of drug-likeness (QED) is 0.567. The Kier molecular flexibility index (Phi) is 6.50. The third-order valence-corrected chi connectivity index (χ3v) is 2.33. The molecule has 0 radical (unpaired) electrons. The summed E-state index contributed by atoms with van der Waals surface area (Å²) in [5.74, 6) is 0.710. The highest BCUT2D eigenvalue weighted by molar-refractivity contribution is 7.80. The van der Waals surface area contributed by atoms with Crippen molar-refractivity contribution in [3.8, 4) is 5.75 Å². The number of pyridine rings is 1. The number of hydrogen-bond acceptors (Lipinski definition) is 4. The highest BCUT2D eigenvalue weighted by atomic mass is 32.1. The summed E-state index contributed by atoms with van der Waals surface area (Å²) in [5.41, 5.74) is 6.05. The highest BCUT2D eigenvalue weighted by Crippen LogP contribution is 2.10. The maximum Gasteiger partial charge on any atom is 0.123 e. The Hall–Kier alpha value is -1.20. The third kappa shape index (κ3) is 5.60. The van der Waals surface area contributed by atoms with E-state index in [0.717, 1.165) is 19.4 Å². The van der Waals surface area contributed by atoms with Crippen molar-refractivity contribution >= 4 is 17.2 Å². The molecular weight excluding hydrogens is 236 g/mol. The summed E-state index contributed by atoms with van der Waals surface area (Å²) in [6.07, 6.45) is 3.85. The Labute approximate surface area is 107 Å². The Morgan fingerprint density at radius 2 is 2.24 bits per heavy atom. The molecule has 0 saturated carbocycles. The fraction of sp³-hybridized carbons (Fsp3) is 0.500. The van der Waals surface area contributed by atoms with Crippen LogP contribution in [0.2, 0.25) is 0 Å². The van der Waals surface area contributed by atoms with E-state index in [0.29, 0.717) is 24.7 Å². The van der Waals surface area contributed by atoms with Gasteiger partial charge >= 0.3 is 0 Å². The van der Waals surface area contributed by atoms with Gasteiger partial charge in [0.05, 0.1) is 6.61 Å². The summed E-state index contributed by atoms with van der Waals surface area (Å²) in [6.45, 7) is 4.03. The van der Waals surface area contributed by atoms with Crippen molar-refractivity contribution < 1.29 is 9.47 Å². The van der Waals surface area contributed by atoms with E-state index in [4.69, 9.17) is 27.4 Å². The van der Waals surface area contributed by atoms with Crippen LogP contribution in [0.3, 0.4) is 0 Å². The molecule has 4 nitrogen and oxygen atoms in total. The molecule has 0 spiro atoms. The predicted molar refractivity (Wildman–Crippen MR) is 71.3 cm³/mol. The van der Waals surface area contributed by atoms with E-state index in [1.807, 2.05) is 0 Å². The predicted octanol–water partition coefficient (Wildman–Crippen LogP) is 1.91. The molecule has 0 atom stereocenters. The second kappa shape index (κ2) is 7.97. The lowest BCUT2D eigenvalue weighted by atomic mass is 10.3. The average Bonchev–Trinajstić information content (AvgIpc) is 2.34. The SMILES string of the molecule is CCCCOCCOc1ccnc(C(N)=S)c1. The van der Waals surface area contributed by atoms with Crippen LogP contribution in [-0.2, 0) is 4.74 Å². The molecule has 17 heavy (non-hydrogen) atoms. The molecule has 0 aliphatic heterocycles. The molecule has 0 saturated heterocycles. The van der Waals surface area contributed by atoms with Gasteiger partial charge in [-0.15, -0.1) is 0 Å². The Bertz CT molecular complexity index is 358. The molecule has 94 valence electrons. The van der Waals surface area contributed by atoms with Gasteiger partial charge in [-0.2, -0.15) is 0 Å². The molecule has 0 aromatic carbocycles. The van der Waals surface area contributed by atoms with E-state index in [1.54, 1.807) is 18.3 Å². The molecular formula is C12H18N2O2S. The second-order valence-electron chi connectivity index (χ2n) is 3.56. The van der Waals surface area contributed by atoms with Crippen molar-refractivity contribution in [1.29, 1.82) is 0 Å². The molecule has 0 fully saturated rings. The van der Waals surface area contributed by atoms with Crippen LogP contribution in [0.5, 0.6) is 5.75 Å². The lowest BCUT2D eigenvalue weighted by Crippen LogP contribution is -2.12. The van der Waals surface area contributed by atoms with Crippen LogP contribution in [0.15, 0.2) is 18.3 Å². The monoisotopic (exact) mass is 254 g/mol. The van der Waals surface area contributed by atoms with Gasteiger partial charge in [0.25, 0.3) is 0 Å².